The van der Waals surface area contributed by atoms with Gasteiger partial charge in [0.15, 0.2) is 0 Å². The van der Waals surface area contributed by atoms with Crippen LogP contribution in [0.4, 0.5) is 0 Å². The van der Waals surface area contributed by atoms with Crippen molar-refractivity contribution >= 4 is 33.3 Å². The average Bonchev–Trinajstić information content (AvgIpc) is 2.50. The van der Waals surface area contributed by atoms with Crippen LogP contribution in [0.3, 0.4) is 0 Å². The number of rotatable bonds is 3. The Balaban J connectivity index is 0.00000192. The van der Waals surface area contributed by atoms with Gasteiger partial charge in [-0.3, -0.25) is 4.98 Å². The summed E-state index contributed by atoms with van der Waals surface area (Å²) < 4.78 is 28.5. The maximum atomic E-state index is 12.8. The van der Waals surface area contributed by atoms with Gasteiger partial charge in [-0.1, -0.05) is 13.0 Å². The van der Waals surface area contributed by atoms with Crippen LogP contribution in [0.1, 0.15) is 18.9 Å². The summed E-state index contributed by atoms with van der Waals surface area (Å²) >= 11 is 0. The average molecular weight is 356 g/mol. The number of halogens is 1. The first-order valence-electron chi connectivity index (χ1n) is 7.56. The van der Waals surface area contributed by atoms with Crippen molar-refractivity contribution in [2.75, 3.05) is 13.1 Å². The topological polar surface area (TPSA) is 71.1 Å². The van der Waals surface area contributed by atoms with Crippen LogP contribution < -0.4 is 10.0 Å². The highest BCUT2D eigenvalue weighted by Crippen LogP contribution is 2.25. The van der Waals surface area contributed by atoms with Gasteiger partial charge in [0.25, 0.3) is 0 Å². The Labute approximate surface area is 143 Å². The predicted octanol–water partition coefficient (Wildman–Crippen LogP) is 2.24. The molecule has 5 nitrogen and oxygen atoms in total. The van der Waals surface area contributed by atoms with E-state index in [-0.39, 0.29) is 18.4 Å². The summed E-state index contributed by atoms with van der Waals surface area (Å²) in [4.78, 5) is 4.62. The standard InChI is InChI=1S/C16H21N3O2S.ClH/c1-11-7-9-17-10-14(11)19-22(20,21)15-6-5-12(2)16-13(15)4-3-8-18-16;/h3-6,8,11,14,17,19H,7,9-10H2,1-2H3;1H. The molecule has 23 heavy (non-hydrogen) atoms. The van der Waals surface area contributed by atoms with E-state index in [1.807, 2.05) is 19.1 Å². The maximum absolute atomic E-state index is 12.8. The van der Waals surface area contributed by atoms with Gasteiger partial charge in [0, 0.05) is 24.2 Å². The molecule has 2 heterocycles. The van der Waals surface area contributed by atoms with E-state index < -0.39 is 10.0 Å². The quantitative estimate of drug-likeness (QED) is 0.885. The van der Waals surface area contributed by atoms with Gasteiger partial charge in [0.1, 0.15) is 0 Å². The summed E-state index contributed by atoms with van der Waals surface area (Å²) in [6, 6.07) is 6.99. The van der Waals surface area contributed by atoms with Gasteiger partial charge >= 0.3 is 0 Å². The van der Waals surface area contributed by atoms with Crippen molar-refractivity contribution < 1.29 is 8.42 Å². The van der Waals surface area contributed by atoms with Gasteiger partial charge in [0.05, 0.1) is 10.4 Å². The van der Waals surface area contributed by atoms with E-state index in [9.17, 15) is 8.42 Å². The third kappa shape index (κ3) is 3.66. The first kappa shape index (κ1) is 18.1. The molecule has 0 spiro atoms. The normalized spacial score (nSPS) is 21.8. The van der Waals surface area contributed by atoms with Crippen molar-refractivity contribution in [2.45, 2.75) is 31.2 Å². The van der Waals surface area contributed by atoms with Crippen LogP contribution in [-0.2, 0) is 10.0 Å². The summed E-state index contributed by atoms with van der Waals surface area (Å²) in [7, 11) is -3.57. The largest absolute Gasteiger partial charge is 0.315 e. The number of hydrogen-bond donors (Lipinski definition) is 2. The van der Waals surface area contributed by atoms with Crippen LogP contribution in [0, 0.1) is 12.8 Å². The van der Waals surface area contributed by atoms with Crippen molar-refractivity contribution in [2.24, 2.45) is 5.92 Å². The van der Waals surface area contributed by atoms with E-state index >= 15 is 0 Å². The molecule has 126 valence electrons. The van der Waals surface area contributed by atoms with Gasteiger partial charge in [0.2, 0.25) is 10.0 Å². The van der Waals surface area contributed by atoms with Crippen molar-refractivity contribution in [3.05, 3.63) is 36.0 Å². The van der Waals surface area contributed by atoms with Crippen LogP contribution in [0.2, 0.25) is 0 Å². The number of hydrogen-bond acceptors (Lipinski definition) is 4. The molecule has 2 aromatic rings. The lowest BCUT2D eigenvalue weighted by atomic mass is 9.96. The van der Waals surface area contributed by atoms with Crippen LogP contribution in [0.15, 0.2) is 35.4 Å². The van der Waals surface area contributed by atoms with Gasteiger partial charge in [-0.25, -0.2) is 13.1 Å². The summed E-state index contributed by atoms with van der Waals surface area (Å²) in [6.45, 7) is 5.63. The molecule has 1 saturated heterocycles. The van der Waals surface area contributed by atoms with E-state index in [4.69, 9.17) is 0 Å². The van der Waals surface area contributed by atoms with Crippen LogP contribution >= 0.6 is 12.4 Å². The van der Waals surface area contributed by atoms with Crippen LogP contribution in [0.25, 0.3) is 10.9 Å². The lowest BCUT2D eigenvalue weighted by Gasteiger charge is -2.30. The second kappa shape index (κ2) is 7.13. The van der Waals surface area contributed by atoms with E-state index in [1.165, 1.54) is 0 Å². The highest BCUT2D eigenvalue weighted by molar-refractivity contribution is 7.89. The molecule has 7 heteroatoms. The first-order valence-corrected chi connectivity index (χ1v) is 9.05. The van der Waals surface area contributed by atoms with E-state index in [2.05, 4.69) is 21.9 Å². The summed E-state index contributed by atoms with van der Waals surface area (Å²) in [5.41, 5.74) is 1.71. The number of pyridine rings is 1. The number of benzene rings is 1. The molecule has 0 aliphatic carbocycles. The Morgan fingerprint density at radius 1 is 1.30 bits per heavy atom. The van der Waals surface area contributed by atoms with Gasteiger partial charge in [-0.15, -0.1) is 12.4 Å². The number of nitrogens with zero attached hydrogens (tertiary/aromatic N) is 1. The highest BCUT2D eigenvalue weighted by Gasteiger charge is 2.27. The Kier molecular flexibility index (Phi) is 5.62. The Bertz CT molecular complexity index is 795. The number of sulfonamides is 1. The molecular weight excluding hydrogens is 334 g/mol. The summed E-state index contributed by atoms with van der Waals surface area (Å²) in [5.74, 6) is 0.325. The number of aromatic nitrogens is 1. The second-order valence-corrected chi connectivity index (χ2v) is 7.66. The third-order valence-corrected chi connectivity index (χ3v) is 5.90. The minimum Gasteiger partial charge on any atom is -0.315 e. The monoisotopic (exact) mass is 355 g/mol. The van der Waals surface area contributed by atoms with Crippen molar-refractivity contribution in [3.63, 3.8) is 0 Å². The number of piperidine rings is 1. The number of aryl methyl sites for hydroxylation is 1. The summed E-state index contributed by atoms with van der Waals surface area (Å²) in [5, 5.41) is 3.92. The zero-order chi connectivity index (χ0) is 15.7. The van der Waals surface area contributed by atoms with Crippen molar-refractivity contribution in [1.29, 1.82) is 0 Å². The lowest BCUT2D eigenvalue weighted by Crippen LogP contribution is -2.50. The maximum Gasteiger partial charge on any atom is 0.241 e. The molecule has 2 N–H and O–H groups in total. The molecule has 0 radical (unpaired) electrons. The van der Waals surface area contributed by atoms with Gasteiger partial charge in [-0.05, 0) is 49.6 Å². The fraction of sp³-hybridized carbons (Fsp3) is 0.438. The van der Waals surface area contributed by atoms with Crippen LogP contribution in [0.5, 0.6) is 0 Å². The molecule has 1 fully saturated rings. The third-order valence-electron chi connectivity index (χ3n) is 4.36. The number of fused-ring (bicyclic) bond motifs is 1. The zero-order valence-corrected chi connectivity index (χ0v) is 14.9. The molecule has 0 saturated carbocycles. The molecule has 0 bridgehead atoms. The van der Waals surface area contributed by atoms with E-state index in [0.29, 0.717) is 22.7 Å². The minimum atomic E-state index is -3.57. The molecule has 0 amide bonds. The molecular formula is C16H22ClN3O2S. The zero-order valence-electron chi connectivity index (χ0n) is 13.2. The fourth-order valence-electron chi connectivity index (χ4n) is 2.93. The first-order chi connectivity index (χ1) is 10.5. The second-order valence-electron chi connectivity index (χ2n) is 5.98. The molecule has 2 atom stereocenters. The smallest absolute Gasteiger partial charge is 0.241 e. The van der Waals surface area contributed by atoms with Crippen molar-refractivity contribution in [1.82, 2.24) is 15.0 Å². The minimum absolute atomic E-state index is 0. The molecule has 1 aliphatic rings. The molecule has 1 aromatic heterocycles. The van der Waals surface area contributed by atoms with Crippen LogP contribution in [-0.4, -0.2) is 32.5 Å². The molecule has 1 aromatic carbocycles. The van der Waals surface area contributed by atoms with Gasteiger partial charge in [-0.2, -0.15) is 0 Å². The Hall–Kier alpha value is -1.21. The molecule has 1 aliphatic heterocycles. The van der Waals surface area contributed by atoms with E-state index in [0.717, 1.165) is 24.0 Å². The molecule has 2 unspecified atom stereocenters. The highest BCUT2D eigenvalue weighted by atomic mass is 35.5. The lowest BCUT2D eigenvalue weighted by molar-refractivity contribution is 0.327. The summed E-state index contributed by atoms with van der Waals surface area (Å²) in [6.07, 6.45) is 2.66. The SMILES string of the molecule is Cc1ccc(S(=O)(=O)NC2CNCCC2C)c2cccnc12.Cl. The molecule has 3 rings (SSSR count). The fourth-order valence-corrected chi connectivity index (χ4v) is 4.47. The van der Waals surface area contributed by atoms with E-state index in [1.54, 1.807) is 18.3 Å². The Morgan fingerprint density at radius 2 is 2.09 bits per heavy atom. The van der Waals surface area contributed by atoms with Crippen molar-refractivity contribution in [3.8, 4) is 0 Å². The Morgan fingerprint density at radius 3 is 2.83 bits per heavy atom. The van der Waals surface area contributed by atoms with Gasteiger partial charge < -0.3 is 5.32 Å². The number of nitrogens with one attached hydrogen (secondary N) is 2. The predicted molar refractivity (Wildman–Crippen MR) is 94.5 cm³/mol.